The zero-order chi connectivity index (χ0) is 12.1. The summed E-state index contributed by atoms with van der Waals surface area (Å²) in [6, 6.07) is 9.30. The molecule has 0 saturated heterocycles. The van der Waals surface area contributed by atoms with Crippen LogP contribution in [0.1, 0.15) is 17.8 Å². The highest BCUT2D eigenvalue weighted by Gasteiger charge is 2.14. The molecule has 2 aromatic rings. The molecule has 1 heterocycles. The third kappa shape index (κ3) is 3.02. The minimum atomic E-state index is -0.923. The van der Waals surface area contributed by atoms with Crippen molar-refractivity contribution in [3.8, 4) is 5.75 Å². The quantitative estimate of drug-likeness (QED) is 0.789. The highest BCUT2D eigenvalue weighted by atomic mass is 16.5. The van der Waals surface area contributed by atoms with Crippen molar-refractivity contribution in [2.75, 3.05) is 6.54 Å². The lowest BCUT2D eigenvalue weighted by molar-refractivity contribution is 0.141. The smallest absolute Gasteiger partial charge is 0.256 e. The number of nitrogens with zero attached hydrogens (tertiary/aromatic N) is 2. The van der Waals surface area contributed by atoms with Gasteiger partial charge >= 0.3 is 0 Å². The molecule has 17 heavy (non-hydrogen) atoms. The molecular weight excluding hydrogens is 222 g/mol. The Morgan fingerprint density at radius 2 is 2.12 bits per heavy atom. The molecule has 0 fully saturated rings. The fraction of sp³-hybridized carbons (Fsp3) is 0.273. The Kier molecular flexibility index (Phi) is 3.69. The van der Waals surface area contributed by atoms with Crippen LogP contribution >= 0.6 is 0 Å². The fourth-order valence-electron chi connectivity index (χ4n) is 1.23. The number of hydrogen-bond donors (Lipinski definition) is 2. The first-order valence-electron chi connectivity index (χ1n) is 5.18. The number of benzene rings is 1. The average Bonchev–Trinajstić information content (AvgIpc) is 2.85. The molecule has 0 radical (unpaired) electrons. The summed E-state index contributed by atoms with van der Waals surface area (Å²) in [6.07, 6.45) is -0.923. The predicted octanol–water partition coefficient (Wildman–Crippen LogP) is 0.641. The van der Waals surface area contributed by atoms with Gasteiger partial charge in [0.15, 0.2) is 6.61 Å². The van der Waals surface area contributed by atoms with Gasteiger partial charge in [0, 0.05) is 6.54 Å². The van der Waals surface area contributed by atoms with E-state index < -0.39 is 6.10 Å². The molecule has 1 aromatic heterocycles. The van der Waals surface area contributed by atoms with Gasteiger partial charge in [-0.3, -0.25) is 0 Å². The van der Waals surface area contributed by atoms with E-state index in [2.05, 4.69) is 10.1 Å². The standard InChI is InChI=1S/C11H13N3O3/c12-6-9(15)11-13-10(14-17-11)7-16-8-4-2-1-3-5-8/h1-5,9,15H,6-7,12H2. The normalized spacial score (nSPS) is 12.4. The van der Waals surface area contributed by atoms with Crippen LogP contribution < -0.4 is 10.5 Å². The van der Waals surface area contributed by atoms with Crippen LogP contribution in [-0.4, -0.2) is 21.8 Å². The number of ether oxygens (including phenoxy) is 1. The second kappa shape index (κ2) is 5.42. The van der Waals surface area contributed by atoms with Crippen molar-refractivity contribution in [2.24, 2.45) is 5.73 Å². The van der Waals surface area contributed by atoms with Gasteiger partial charge in [0.1, 0.15) is 11.9 Å². The number of aliphatic hydroxyl groups is 1. The molecule has 0 saturated carbocycles. The first-order valence-corrected chi connectivity index (χ1v) is 5.18. The van der Waals surface area contributed by atoms with Gasteiger partial charge in [0.25, 0.3) is 5.89 Å². The predicted molar refractivity (Wildman–Crippen MR) is 59.1 cm³/mol. The Balaban J connectivity index is 1.94. The van der Waals surface area contributed by atoms with Crippen LogP contribution in [0.5, 0.6) is 5.75 Å². The van der Waals surface area contributed by atoms with Crippen LogP contribution in [0.2, 0.25) is 0 Å². The summed E-state index contributed by atoms with van der Waals surface area (Å²) < 4.78 is 10.3. The minimum Gasteiger partial charge on any atom is -0.485 e. The van der Waals surface area contributed by atoms with Gasteiger partial charge < -0.3 is 20.1 Å². The Labute approximate surface area is 98.0 Å². The molecule has 0 aliphatic rings. The molecule has 1 atom stereocenters. The molecule has 0 aliphatic carbocycles. The van der Waals surface area contributed by atoms with Gasteiger partial charge in [-0.15, -0.1) is 0 Å². The number of nitrogens with two attached hydrogens (primary N) is 1. The maximum atomic E-state index is 9.37. The largest absolute Gasteiger partial charge is 0.485 e. The molecule has 1 aromatic carbocycles. The Hall–Kier alpha value is -1.92. The number of rotatable bonds is 5. The summed E-state index contributed by atoms with van der Waals surface area (Å²) in [5.74, 6) is 1.20. The van der Waals surface area contributed by atoms with Gasteiger partial charge in [-0.25, -0.2) is 0 Å². The minimum absolute atomic E-state index is 0.0428. The third-order valence-electron chi connectivity index (χ3n) is 2.10. The van der Waals surface area contributed by atoms with Crippen molar-refractivity contribution in [1.82, 2.24) is 10.1 Å². The van der Waals surface area contributed by atoms with Crippen LogP contribution in [-0.2, 0) is 6.61 Å². The Morgan fingerprint density at radius 1 is 1.35 bits per heavy atom. The summed E-state index contributed by atoms with van der Waals surface area (Å²) in [5, 5.41) is 13.0. The number of para-hydroxylation sites is 1. The van der Waals surface area contributed by atoms with Crippen LogP contribution in [0.15, 0.2) is 34.9 Å². The van der Waals surface area contributed by atoms with E-state index >= 15 is 0 Å². The van der Waals surface area contributed by atoms with Crippen LogP contribution in [0, 0.1) is 0 Å². The summed E-state index contributed by atoms with van der Waals surface area (Å²) >= 11 is 0. The van der Waals surface area contributed by atoms with Gasteiger partial charge in [-0.2, -0.15) is 4.98 Å². The molecule has 3 N–H and O–H groups in total. The van der Waals surface area contributed by atoms with Crippen molar-refractivity contribution in [3.63, 3.8) is 0 Å². The Bertz CT molecular complexity index is 458. The zero-order valence-electron chi connectivity index (χ0n) is 9.11. The van der Waals surface area contributed by atoms with Crippen molar-refractivity contribution in [3.05, 3.63) is 42.0 Å². The maximum absolute atomic E-state index is 9.37. The molecule has 2 rings (SSSR count). The second-order valence-corrected chi connectivity index (χ2v) is 3.40. The van der Waals surface area contributed by atoms with Crippen LogP contribution in [0.3, 0.4) is 0 Å². The van der Waals surface area contributed by atoms with E-state index in [-0.39, 0.29) is 19.0 Å². The summed E-state index contributed by atoms with van der Waals surface area (Å²) in [4.78, 5) is 3.96. The van der Waals surface area contributed by atoms with E-state index in [4.69, 9.17) is 15.0 Å². The number of hydrogen-bond acceptors (Lipinski definition) is 6. The van der Waals surface area contributed by atoms with E-state index in [0.717, 1.165) is 5.75 Å². The van der Waals surface area contributed by atoms with Gasteiger partial charge in [0.2, 0.25) is 5.82 Å². The van der Waals surface area contributed by atoms with E-state index in [0.29, 0.717) is 5.82 Å². The SMILES string of the molecule is NCC(O)c1nc(COc2ccccc2)no1. The van der Waals surface area contributed by atoms with E-state index in [9.17, 15) is 5.11 Å². The first kappa shape index (κ1) is 11.6. The summed E-state index contributed by atoms with van der Waals surface area (Å²) in [6.45, 7) is 0.228. The molecular formula is C11H13N3O3. The van der Waals surface area contributed by atoms with Crippen molar-refractivity contribution < 1.29 is 14.4 Å². The zero-order valence-corrected chi connectivity index (χ0v) is 9.11. The molecule has 90 valence electrons. The van der Waals surface area contributed by atoms with Crippen LogP contribution in [0.25, 0.3) is 0 Å². The maximum Gasteiger partial charge on any atom is 0.256 e. The lowest BCUT2D eigenvalue weighted by atomic mass is 10.3. The lowest BCUT2D eigenvalue weighted by Crippen LogP contribution is -2.11. The Morgan fingerprint density at radius 3 is 2.82 bits per heavy atom. The fourth-order valence-corrected chi connectivity index (χ4v) is 1.23. The van der Waals surface area contributed by atoms with Crippen molar-refractivity contribution in [1.29, 1.82) is 0 Å². The van der Waals surface area contributed by atoms with Crippen LogP contribution in [0.4, 0.5) is 0 Å². The lowest BCUT2D eigenvalue weighted by Gasteiger charge is -2.01. The molecule has 0 aliphatic heterocycles. The second-order valence-electron chi connectivity index (χ2n) is 3.40. The molecule has 6 nitrogen and oxygen atoms in total. The van der Waals surface area contributed by atoms with Crippen molar-refractivity contribution >= 4 is 0 Å². The van der Waals surface area contributed by atoms with Gasteiger partial charge in [0.05, 0.1) is 0 Å². The molecule has 0 amide bonds. The summed E-state index contributed by atoms with van der Waals surface area (Å²) in [7, 11) is 0. The van der Waals surface area contributed by atoms with E-state index in [1.807, 2.05) is 30.3 Å². The topological polar surface area (TPSA) is 94.4 Å². The number of aliphatic hydroxyl groups excluding tert-OH is 1. The highest BCUT2D eigenvalue weighted by Crippen LogP contribution is 2.12. The molecule has 6 heteroatoms. The highest BCUT2D eigenvalue weighted by molar-refractivity contribution is 5.20. The van der Waals surface area contributed by atoms with Crippen molar-refractivity contribution in [2.45, 2.75) is 12.7 Å². The molecule has 0 bridgehead atoms. The first-order chi connectivity index (χ1) is 8.29. The number of aromatic nitrogens is 2. The van der Waals surface area contributed by atoms with E-state index in [1.54, 1.807) is 0 Å². The third-order valence-corrected chi connectivity index (χ3v) is 2.10. The van der Waals surface area contributed by atoms with Gasteiger partial charge in [-0.05, 0) is 12.1 Å². The summed E-state index contributed by atoms with van der Waals surface area (Å²) in [5.41, 5.74) is 5.27. The average molecular weight is 235 g/mol. The van der Waals surface area contributed by atoms with E-state index in [1.165, 1.54) is 0 Å². The monoisotopic (exact) mass is 235 g/mol. The molecule has 0 spiro atoms. The molecule has 1 unspecified atom stereocenters. The van der Waals surface area contributed by atoms with Gasteiger partial charge in [-0.1, -0.05) is 23.4 Å².